The number of rotatable bonds is 1. The normalized spacial score (nSPS) is 6.44. The van der Waals surface area contributed by atoms with Crippen molar-refractivity contribution < 1.29 is 4.79 Å². The highest BCUT2D eigenvalue weighted by molar-refractivity contribution is 5.10. The van der Waals surface area contributed by atoms with Crippen LogP contribution in [-0.4, -0.2) is 13.8 Å². The maximum atomic E-state index is 8.00. The zero-order valence-corrected chi connectivity index (χ0v) is 6.98. The van der Waals surface area contributed by atoms with Crippen molar-refractivity contribution >= 4 is 6.79 Å². The second kappa shape index (κ2) is 25.5. The van der Waals surface area contributed by atoms with Gasteiger partial charge in [-0.15, -0.1) is 0 Å². The molecule has 2 heteroatoms. The van der Waals surface area contributed by atoms with E-state index in [-0.39, 0.29) is 0 Å². The van der Waals surface area contributed by atoms with Crippen LogP contribution in [0.4, 0.5) is 0 Å². The summed E-state index contributed by atoms with van der Waals surface area (Å²) in [6.45, 7) is 8.64. The topological polar surface area (TPSA) is 43.1 Å². The van der Waals surface area contributed by atoms with E-state index >= 15 is 0 Å². The summed E-state index contributed by atoms with van der Waals surface area (Å²) in [6.07, 6.45) is 1.31. The Balaban J connectivity index is -0.0000000771. The molecular weight excluding hydrogens is 114 g/mol. The van der Waals surface area contributed by atoms with Gasteiger partial charge in [-0.3, -0.25) is 0 Å². The lowest BCUT2D eigenvalue weighted by atomic mass is 10.2. The number of carbonyl (C=O) groups is 1. The maximum absolute atomic E-state index is 8.00. The second-order valence-corrected chi connectivity index (χ2v) is 1.80. The second-order valence-electron chi connectivity index (χ2n) is 1.80. The highest BCUT2D eigenvalue weighted by Gasteiger charge is 1.80. The summed E-state index contributed by atoms with van der Waals surface area (Å²) < 4.78 is 0. The van der Waals surface area contributed by atoms with E-state index in [4.69, 9.17) is 4.79 Å². The van der Waals surface area contributed by atoms with Crippen LogP contribution in [0.3, 0.4) is 0 Å². The van der Waals surface area contributed by atoms with Crippen molar-refractivity contribution in [1.82, 2.24) is 0 Å². The van der Waals surface area contributed by atoms with Crippen LogP contribution in [0.2, 0.25) is 0 Å². The third-order valence-corrected chi connectivity index (χ3v) is 0.816. The average Bonchev–Trinajstić information content (AvgIpc) is 1.97. The minimum absolute atomic E-state index is 0.884. The van der Waals surface area contributed by atoms with Crippen molar-refractivity contribution in [3.63, 3.8) is 0 Å². The fourth-order valence-corrected chi connectivity index (χ4v) is 0. The predicted molar refractivity (Wildman–Crippen MR) is 42.4 cm³/mol. The van der Waals surface area contributed by atoms with E-state index in [1.807, 2.05) is 6.79 Å². The molecule has 0 aromatic carbocycles. The predicted octanol–water partition coefficient (Wildman–Crippen LogP) is 1.44. The van der Waals surface area contributed by atoms with Gasteiger partial charge in [-0.2, -0.15) is 0 Å². The summed E-state index contributed by atoms with van der Waals surface area (Å²) in [5.74, 6) is 0.884. The summed E-state index contributed by atoms with van der Waals surface area (Å²) in [7, 11) is 1.50. The lowest BCUT2D eigenvalue weighted by Gasteiger charge is -1.90. The molecule has 0 aliphatic carbocycles. The van der Waals surface area contributed by atoms with Gasteiger partial charge < -0.3 is 10.5 Å². The van der Waals surface area contributed by atoms with Gasteiger partial charge in [0.05, 0.1) is 0 Å². The molecule has 0 amide bonds. The van der Waals surface area contributed by atoms with Crippen LogP contribution >= 0.6 is 0 Å². The highest BCUT2D eigenvalue weighted by Crippen LogP contribution is 1.93. The summed E-state index contributed by atoms with van der Waals surface area (Å²) in [4.78, 5) is 8.00. The Bertz CT molecular complexity index is 30.1. The lowest BCUT2D eigenvalue weighted by molar-refractivity contribution is -0.0979. The van der Waals surface area contributed by atoms with Gasteiger partial charge in [0.2, 0.25) is 0 Å². The van der Waals surface area contributed by atoms with E-state index in [0.29, 0.717) is 0 Å². The molecule has 0 bridgehead atoms. The molecule has 0 saturated heterocycles. The first-order valence-corrected chi connectivity index (χ1v) is 3.14. The van der Waals surface area contributed by atoms with Crippen LogP contribution < -0.4 is 5.73 Å². The first-order valence-electron chi connectivity index (χ1n) is 3.14. The summed E-state index contributed by atoms with van der Waals surface area (Å²) in [5, 5.41) is 0. The van der Waals surface area contributed by atoms with Gasteiger partial charge in [0.25, 0.3) is 0 Å². The quantitative estimate of drug-likeness (QED) is 0.588. The van der Waals surface area contributed by atoms with E-state index in [0.717, 1.165) is 5.92 Å². The minimum Gasteiger partial charge on any atom is -0.333 e. The Kier molecular flexibility index (Phi) is 44.8. The van der Waals surface area contributed by atoms with E-state index in [1.54, 1.807) is 0 Å². The van der Waals surface area contributed by atoms with E-state index in [9.17, 15) is 0 Å². The van der Waals surface area contributed by atoms with Gasteiger partial charge in [-0.25, -0.2) is 0 Å². The smallest absolute Gasteiger partial charge is 0.106 e. The van der Waals surface area contributed by atoms with Crippen LogP contribution in [0.5, 0.6) is 0 Å². The molecule has 0 saturated carbocycles. The third-order valence-electron chi connectivity index (χ3n) is 0.816. The molecule has 0 rings (SSSR count). The molecule has 0 unspecified atom stereocenters. The van der Waals surface area contributed by atoms with Gasteiger partial charge in [-0.05, 0) is 13.0 Å². The fraction of sp³-hybridized carbons (Fsp3) is 0.857. The molecule has 0 heterocycles. The molecule has 0 aromatic heterocycles. The first kappa shape index (κ1) is 15.9. The summed E-state index contributed by atoms with van der Waals surface area (Å²) in [6, 6.07) is 0. The van der Waals surface area contributed by atoms with E-state index in [1.165, 1.54) is 13.5 Å². The SMILES string of the molecule is C=O.CCC(C)C.CN. The molecule has 0 radical (unpaired) electrons. The zero-order valence-electron chi connectivity index (χ0n) is 6.98. The van der Waals surface area contributed by atoms with Crippen LogP contribution in [0.15, 0.2) is 0 Å². The van der Waals surface area contributed by atoms with Gasteiger partial charge >= 0.3 is 0 Å². The van der Waals surface area contributed by atoms with Crippen molar-refractivity contribution in [2.75, 3.05) is 7.05 Å². The van der Waals surface area contributed by atoms with Crippen molar-refractivity contribution in [2.45, 2.75) is 27.2 Å². The first-order chi connectivity index (χ1) is 4.27. The van der Waals surface area contributed by atoms with Crippen LogP contribution in [0.25, 0.3) is 0 Å². The maximum Gasteiger partial charge on any atom is 0.106 e. The van der Waals surface area contributed by atoms with E-state index in [2.05, 4.69) is 26.5 Å². The van der Waals surface area contributed by atoms with Crippen LogP contribution in [-0.2, 0) is 4.79 Å². The van der Waals surface area contributed by atoms with Crippen molar-refractivity contribution in [1.29, 1.82) is 0 Å². The van der Waals surface area contributed by atoms with E-state index < -0.39 is 0 Å². The number of hydrogen-bond donors (Lipinski definition) is 1. The zero-order chi connectivity index (χ0) is 8.28. The van der Waals surface area contributed by atoms with Crippen molar-refractivity contribution in [3.05, 3.63) is 0 Å². The number of carbonyl (C=O) groups excluding carboxylic acids is 1. The molecule has 0 spiro atoms. The highest BCUT2D eigenvalue weighted by atomic mass is 16.1. The molecule has 2 N–H and O–H groups in total. The fourth-order valence-electron chi connectivity index (χ4n) is 0. The van der Waals surface area contributed by atoms with Crippen LogP contribution in [0, 0.1) is 5.92 Å². The minimum atomic E-state index is 0.884. The number of nitrogens with two attached hydrogens (primary N) is 1. The number of hydrogen-bond acceptors (Lipinski definition) is 2. The Morgan fingerprint density at radius 3 is 1.44 bits per heavy atom. The molecular formula is C7H19NO. The molecule has 0 fully saturated rings. The molecule has 0 aromatic rings. The average molecular weight is 133 g/mol. The summed E-state index contributed by atoms with van der Waals surface area (Å²) >= 11 is 0. The van der Waals surface area contributed by atoms with Crippen LogP contribution in [0.1, 0.15) is 27.2 Å². The standard InChI is InChI=1S/C5H12.CH5N.CH2O/c1-4-5(2)3;2*1-2/h5H,4H2,1-3H3;2H2,1H3;1H2. The Labute approximate surface area is 58.4 Å². The van der Waals surface area contributed by atoms with Gasteiger partial charge in [0, 0.05) is 0 Å². The molecule has 0 aliphatic heterocycles. The largest absolute Gasteiger partial charge is 0.333 e. The van der Waals surface area contributed by atoms with Crippen molar-refractivity contribution in [2.24, 2.45) is 11.7 Å². The lowest BCUT2D eigenvalue weighted by Crippen LogP contribution is -1.77. The Morgan fingerprint density at radius 2 is 1.44 bits per heavy atom. The van der Waals surface area contributed by atoms with Gasteiger partial charge in [0.15, 0.2) is 0 Å². The molecule has 58 valence electrons. The molecule has 0 atom stereocenters. The molecule has 9 heavy (non-hydrogen) atoms. The van der Waals surface area contributed by atoms with Gasteiger partial charge in [0.1, 0.15) is 6.79 Å². The van der Waals surface area contributed by atoms with Gasteiger partial charge in [-0.1, -0.05) is 27.2 Å². The molecule has 0 aliphatic rings. The Hall–Kier alpha value is -0.370. The monoisotopic (exact) mass is 133 g/mol. The third kappa shape index (κ3) is 91.0. The summed E-state index contributed by atoms with van der Waals surface area (Å²) in [5.41, 5.74) is 4.50. The Morgan fingerprint density at radius 1 is 1.33 bits per heavy atom. The molecule has 2 nitrogen and oxygen atoms in total. The van der Waals surface area contributed by atoms with Crippen molar-refractivity contribution in [3.8, 4) is 0 Å².